The number of benzene rings is 1. The van der Waals surface area contributed by atoms with Gasteiger partial charge >= 0.3 is 0 Å². The van der Waals surface area contributed by atoms with Crippen LogP contribution in [0.25, 0.3) is 6.08 Å². The van der Waals surface area contributed by atoms with E-state index in [0.717, 1.165) is 11.1 Å². The van der Waals surface area contributed by atoms with Gasteiger partial charge in [0, 0.05) is 18.9 Å². The predicted molar refractivity (Wildman–Crippen MR) is 98.3 cm³/mol. The molecule has 1 aromatic carbocycles. The molecule has 1 amide bonds. The van der Waals surface area contributed by atoms with Crippen LogP contribution < -0.4 is 10.1 Å². The monoisotopic (exact) mass is 349 g/mol. The number of aromatic hydroxyl groups is 1. The Balaban J connectivity index is 1.94. The number of carbonyl (C=O) groups is 1. The first kappa shape index (κ1) is 18.7. The zero-order chi connectivity index (χ0) is 18.8. The summed E-state index contributed by atoms with van der Waals surface area (Å²) in [6.45, 7) is 0.419. The number of rotatable bonds is 7. The van der Waals surface area contributed by atoms with Crippen molar-refractivity contribution in [1.29, 1.82) is 5.26 Å². The van der Waals surface area contributed by atoms with Gasteiger partial charge in [0.25, 0.3) is 5.91 Å². The van der Waals surface area contributed by atoms with E-state index in [1.807, 2.05) is 18.2 Å². The predicted octanol–water partition coefficient (Wildman–Crippen LogP) is 2.62. The zero-order valence-electron chi connectivity index (χ0n) is 14.3. The molecule has 0 aliphatic carbocycles. The third-order valence-corrected chi connectivity index (χ3v) is 3.54. The largest absolute Gasteiger partial charge is 0.504 e. The number of phenols is 1. The average Bonchev–Trinajstić information content (AvgIpc) is 2.67. The van der Waals surface area contributed by atoms with E-state index < -0.39 is 5.91 Å². The van der Waals surface area contributed by atoms with Crippen LogP contribution in [0, 0.1) is 11.3 Å². The number of carbonyl (C=O) groups excluding carboxylic acids is 1. The number of nitrogens with one attached hydrogen (secondary N) is 1. The van der Waals surface area contributed by atoms with E-state index in [4.69, 9.17) is 10.00 Å². The van der Waals surface area contributed by atoms with E-state index >= 15 is 0 Å². The molecule has 2 aromatic rings. The molecule has 0 spiro atoms. The maximum absolute atomic E-state index is 12.0. The molecule has 2 rings (SSSR count). The molecule has 0 saturated carbocycles. The van der Waals surface area contributed by atoms with Gasteiger partial charge in [-0.25, -0.2) is 0 Å². The Hall–Kier alpha value is -3.59. The lowest BCUT2D eigenvalue weighted by Gasteiger charge is -2.04. The van der Waals surface area contributed by atoms with Crippen molar-refractivity contribution in [2.45, 2.75) is 6.42 Å². The minimum Gasteiger partial charge on any atom is -0.504 e. The Bertz CT molecular complexity index is 852. The number of hydrogen-bond donors (Lipinski definition) is 2. The van der Waals surface area contributed by atoms with E-state index in [1.165, 1.54) is 19.3 Å². The summed E-state index contributed by atoms with van der Waals surface area (Å²) < 4.78 is 5.03. The summed E-state index contributed by atoms with van der Waals surface area (Å²) in [5, 5.41) is 21.4. The number of ether oxygens (including phenoxy) is 1. The Morgan fingerprint density at radius 1 is 1.42 bits per heavy atom. The molecule has 6 nitrogen and oxygen atoms in total. The van der Waals surface area contributed by atoms with Gasteiger partial charge in [-0.3, -0.25) is 9.78 Å². The summed E-state index contributed by atoms with van der Waals surface area (Å²) >= 11 is 0. The van der Waals surface area contributed by atoms with E-state index in [2.05, 4.69) is 10.3 Å². The second-order valence-corrected chi connectivity index (χ2v) is 5.35. The third kappa shape index (κ3) is 5.49. The van der Waals surface area contributed by atoms with Crippen LogP contribution in [0.1, 0.15) is 11.1 Å². The molecule has 0 unspecified atom stereocenters. The van der Waals surface area contributed by atoms with Crippen LogP contribution >= 0.6 is 0 Å². The van der Waals surface area contributed by atoms with E-state index in [9.17, 15) is 9.90 Å². The van der Waals surface area contributed by atoms with Gasteiger partial charge in [0.2, 0.25) is 0 Å². The SMILES string of the molecule is COc1cc(C=CC=C(C#N)C(=O)NCCc2cccnc2)ccc1O. The molecule has 2 N–H and O–H groups in total. The molecule has 0 saturated heterocycles. The summed E-state index contributed by atoms with van der Waals surface area (Å²) in [5.41, 5.74) is 1.79. The summed E-state index contributed by atoms with van der Waals surface area (Å²) in [7, 11) is 1.46. The first-order valence-electron chi connectivity index (χ1n) is 7.96. The molecule has 0 bridgehead atoms. The highest BCUT2D eigenvalue weighted by molar-refractivity contribution is 5.97. The van der Waals surface area contributed by atoms with Crippen LogP contribution in [0.4, 0.5) is 0 Å². The molecule has 0 atom stereocenters. The minimum atomic E-state index is -0.427. The van der Waals surface area contributed by atoms with Gasteiger partial charge in [0.1, 0.15) is 11.6 Å². The van der Waals surface area contributed by atoms with E-state index in [0.29, 0.717) is 18.7 Å². The van der Waals surface area contributed by atoms with E-state index in [1.54, 1.807) is 36.7 Å². The standard InChI is InChI=1S/C20H19N3O3/c1-26-19-12-15(7-8-18(19)24)4-2-6-17(13-21)20(25)23-11-9-16-5-3-10-22-14-16/h2-8,10,12,14,24H,9,11H2,1H3,(H,23,25). The summed E-state index contributed by atoms with van der Waals surface area (Å²) in [5.74, 6) is -0.0278. The molecule has 26 heavy (non-hydrogen) atoms. The second-order valence-electron chi connectivity index (χ2n) is 5.35. The van der Waals surface area contributed by atoms with Crippen LogP contribution in [-0.4, -0.2) is 29.7 Å². The molecule has 0 aliphatic heterocycles. The zero-order valence-corrected chi connectivity index (χ0v) is 14.3. The highest BCUT2D eigenvalue weighted by Crippen LogP contribution is 2.26. The van der Waals surface area contributed by atoms with Gasteiger partial charge < -0.3 is 15.2 Å². The fourth-order valence-electron chi connectivity index (χ4n) is 2.18. The maximum Gasteiger partial charge on any atom is 0.261 e. The number of pyridine rings is 1. The van der Waals surface area contributed by atoms with Crippen molar-refractivity contribution in [2.24, 2.45) is 0 Å². The second kappa shape index (κ2) is 9.64. The number of amides is 1. The molecule has 6 heteroatoms. The maximum atomic E-state index is 12.0. The van der Waals surface area contributed by atoms with Crippen molar-refractivity contribution >= 4 is 12.0 Å². The average molecular weight is 349 g/mol. The van der Waals surface area contributed by atoms with Crippen molar-refractivity contribution in [3.8, 4) is 17.6 Å². The van der Waals surface area contributed by atoms with Crippen LogP contribution in [0.2, 0.25) is 0 Å². The lowest BCUT2D eigenvalue weighted by Crippen LogP contribution is -2.26. The fraction of sp³-hybridized carbons (Fsp3) is 0.150. The Morgan fingerprint density at radius 2 is 2.27 bits per heavy atom. The van der Waals surface area contributed by atoms with Crippen molar-refractivity contribution in [3.05, 3.63) is 71.6 Å². The highest BCUT2D eigenvalue weighted by Gasteiger charge is 2.07. The number of methoxy groups -OCH3 is 1. The first-order chi connectivity index (χ1) is 12.6. The van der Waals surface area contributed by atoms with Crippen LogP contribution in [0.5, 0.6) is 11.5 Å². The molecule has 0 fully saturated rings. The lowest BCUT2D eigenvalue weighted by molar-refractivity contribution is -0.117. The first-order valence-corrected chi connectivity index (χ1v) is 7.96. The number of hydrogen-bond acceptors (Lipinski definition) is 5. The number of phenolic OH excluding ortho intramolecular Hbond substituents is 1. The number of nitriles is 1. The normalized spacial score (nSPS) is 11.2. The smallest absolute Gasteiger partial charge is 0.261 e. The minimum absolute atomic E-state index is 0.0122. The van der Waals surface area contributed by atoms with Crippen LogP contribution in [-0.2, 0) is 11.2 Å². The van der Waals surface area contributed by atoms with Gasteiger partial charge in [-0.2, -0.15) is 5.26 Å². The van der Waals surface area contributed by atoms with Gasteiger partial charge in [0.05, 0.1) is 7.11 Å². The van der Waals surface area contributed by atoms with Gasteiger partial charge in [-0.1, -0.05) is 24.3 Å². The fourth-order valence-corrected chi connectivity index (χ4v) is 2.18. The summed E-state index contributed by atoms with van der Waals surface area (Å²) in [6.07, 6.45) is 8.82. The van der Waals surface area contributed by atoms with Crippen LogP contribution in [0.3, 0.4) is 0 Å². The van der Waals surface area contributed by atoms with Gasteiger partial charge in [0.15, 0.2) is 11.5 Å². The molecule has 0 radical (unpaired) electrons. The quantitative estimate of drug-likeness (QED) is 0.455. The van der Waals surface area contributed by atoms with Crippen molar-refractivity contribution in [2.75, 3.05) is 13.7 Å². The van der Waals surface area contributed by atoms with Crippen LogP contribution in [0.15, 0.2) is 60.5 Å². The molecule has 0 aliphatic rings. The number of nitrogens with zero attached hydrogens (tertiary/aromatic N) is 2. The molecular formula is C20H19N3O3. The summed E-state index contributed by atoms with van der Waals surface area (Å²) in [6, 6.07) is 10.5. The summed E-state index contributed by atoms with van der Waals surface area (Å²) in [4.78, 5) is 16.1. The third-order valence-electron chi connectivity index (χ3n) is 3.54. The van der Waals surface area contributed by atoms with Gasteiger partial charge in [-0.05, 0) is 41.8 Å². The molecule has 132 valence electrons. The Labute approximate surface area is 152 Å². The number of allylic oxidation sites excluding steroid dienone is 2. The molecule has 1 aromatic heterocycles. The molecule has 1 heterocycles. The lowest BCUT2D eigenvalue weighted by atomic mass is 10.1. The highest BCUT2D eigenvalue weighted by atomic mass is 16.5. The molecular weight excluding hydrogens is 330 g/mol. The topological polar surface area (TPSA) is 95.2 Å². The Morgan fingerprint density at radius 3 is 2.96 bits per heavy atom. The number of aromatic nitrogens is 1. The van der Waals surface area contributed by atoms with Crippen molar-refractivity contribution < 1.29 is 14.6 Å². The van der Waals surface area contributed by atoms with Gasteiger partial charge in [-0.15, -0.1) is 0 Å². The van der Waals surface area contributed by atoms with E-state index in [-0.39, 0.29) is 11.3 Å². The van der Waals surface area contributed by atoms with Crippen molar-refractivity contribution in [1.82, 2.24) is 10.3 Å². The Kier molecular flexibility index (Phi) is 6.95. The van der Waals surface area contributed by atoms with Crippen molar-refractivity contribution in [3.63, 3.8) is 0 Å².